The normalized spacial score (nSPS) is 13.1. The lowest BCUT2D eigenvalue weighted by Crippen LogP contribution is -2.20. The zero-order chi connectivity index (χ0) is 18.2. The van der Waals surface area contributed by atoms with E-state index in [4.69, 9.17) is 11.6 Å². The molecule has 0 aliphatic rings. The number of nitrogens with zero attached hydrogens (tertiary/aromatic N) is 3. The van der Waals surface area contributed by atoms with Crippen LogP contribution < -0.4 is 5.32 Å². The number of halogens is 1. The molecule has 0 radical (unpaired) electrons. The van der Waals surface area contributed by atoms with Gasteiger partial charge in [0, 0.05) is 12.2 Å². The van der Waals surface area contributed by atoms with Crippen LogP contribution in [-0.2, 0) is 10.0 Å². The van der Waals surface area contributed by atoms with E-state index < -0.39 is 10.0 Å². The van der Waals surface area contributed by atoms with E-state index in [1.165, 1.54) is 6.20 Å². The van der Waals surface area contributed by atoms with Crippen LogP contribution in [0.1, 0.15) is 12.5 Å². The summed E-state index contributed by atoms with van der Waals surface area (Å²) in [5, 5.41) is 12.6. The van der Waals surface area contributed by atoms with Crippen molar-refractivity contribution in [1.29, 1.82) is 0 Å². The maximum atomic E-state index is 12.9. The Morgan fingerprint density at radius 3 is 2.56 bits per heavy atom. The van der Waals surface area contributed by atoms with Crippen molar-refractivity contribution in [1.82, 2.24) is 13.9 Å². The SMILES string of the molecule is Cc1ccc(S(=O)(=O)n2ccc3c(N[C@H](C)CO)nc(Cl)nc32)cc1. The Hall–Kier alpha value is -2.16. The van der Waals surface area contributed by atoms with Crippen LogP contribution >= 0.6 is 11.6 Å². The molecule has 0 saturated carbocycles. The van der Waals surface area contributed by atoms with Crippen molar-refractivity contribution in [3.8, 4) is 0 Å². The van der Waals surface area contributed by atoms with Gasteiger partial charge in [-0.3, -0.25) is 0 Å². The largest absolute Gasteiger partial charge is 0.394 e. The van der Waals surface area contributed by atoms with E-state index in [1.807, 2.05) is 6.92 Å². The van der Waals surface area contributed by atoms with E-state index in [0.29, 0.717) is 11.2 Å². The lowest BCUT2D eigenvalue weighted by Gasteiger charge is -2.13. The third kappa shape index (κ3) is 3.33. The van der Waals surface area contributed by atoms with Crippen molar-refractivity contribution in [2.75, 3.05) is 11.9 Å². The van der Waals surface area contributed by atoms with Gasteiger partial charge in [-0.05, 0) is 43.6 Å². The van der Waals surface area contributed by atoms with E-state index in [0.717, 1.165) is 9.54 Å². The van der Waals surface area contributed by atoms with Gasteiger partial charge < -0.3 is 10.4 Å². The molecular formula is C16H17ClN4O3S. The predicted molar refractivity (Wildman–Crippen MR) is 96.5 cm³/mol. The number of aliphatic hydroxyl groups excluding tert-OH is 1. The molecule has 0 saturated heterocycles. The third-order valence-corrected chi connectivity index (χ3v) is 5.57. The highest BCUT2D eigenvalue weighted by Gasteiger charge is 2.22. The fourth-order valence-electron chi connectivity index (χ4n) is 2.37. The highest BCUT2D eigenvalue weighted by atomic mass is 35.5. The molecule has 1 atom stereocenters. The number of hydrogen-bond donors (Lipinski definition) is 2. The van der Waals surface area contributed by atoms with Crippen LogP contribution in [0.2, 0.25) is 5.28 Å². The van der Waals surface area contributed by atoms with Gasteiger partial charge in [0.2, 0.25) is 5.28 Å². The van der Waals surface area contributed by atoms with Crippen molar-refractivity contribution in [3.63, 3.8) is 0 Å². The summed E-state index contributed by atoms with van der Waals surface area (Å²) in [4.78, 5) is 8.32. The molecule has 0 amide bonds. The average molecular weight is 381 g/mol. The van der Waals surface area contributed by atoms with Gasteiger partial charge in [-0.2, -0.15) is 4.98 Å². The average Bonchev–Trinajstić information content (AvgIpc) is 2.99. The summed E-state index contributed by atoms with van der Waals surface area (Å²) < 4.78 is 26.9. The number of rotatable bonds is 5. The molecule has 2 N–H and O–H groups in total. The minimum Gasteiger partial charge on any atom is -0.394 e. The first kappa shape index (κ1) is 17.7. The smallest absolute Gasteiger partial charge is 0.269 e. The number of hydrogen-bond acceptors (Lipinski definition) is 6. The van der Waals surface area contributed by atoms with Gasteiger partial charge in [-0.15, -0.1) is 0 Å². The number of aromatic nitrogens is 3. The summed E-state index contributed by atoms with van der Waals surface area (Å²) in [5.74, 6) is 0.370. The van der Waals surface area contributed by atoms with Crippen LogP contribution in [0.4, 0.5) is 5.82 Å². The lowest BCUT2D eigenvalue weighted by atomic mass is 10.2. The molecule has 1 aromatic carbocycles. The summed E-state index contributed by atoms with van der Waals surface area (Å²) in [6.45, 7) is 3.54. The molecule has 3 rings (SSSR count). The zero-order valence-corrected chi connectivity index (χ0v) is 15.2. The van der Waals surface area contributed by atoms with Gasteiger partial charge >= 0.3 is 0 Å². The van der Waals surface area contributed by atoms with Gasteiger partial charge in [-0.1, -0.05) is 17.7 Å². The molecule has 0 bridgehead atoms. The first-order valence-electron chi connectivity index (χ1n) is 7.57. The minimum absolute atomic E-state index is 0.0841. The Kier molecular flexibility index (Phi) is 4.68. The second kappa shape index (κ2) is 6.62. The fourth-order valence-corrected chi connectivity index (χ4v) is 3.83. The Balaban J connectivity index is 2.16. The van der Waals surface area contributed by atoms with Gasteiger partial charge in [0.05, 0.1) is 16.9 Å². The molecular weight excluding hydrogens is 364 g/mol. The number of benzene rings is 1. The van der Waals surface area contributed by atoms with Crippen molar-refractivity contribution < 1.29 is 13.5 Å². The second-order valence-corrected chi connectivity index (χ2v) is 7.89. The third-order valence-electron chi connectivity index (χ3n) is 3.72. The summed E-state index contributed by atoms with van der Waals surface area (Å²) >= 11 is 5.96. The Morgan fingerprint density at radius 2 is 1.92 bits per heavy atom. The highest BCUT2D eigenvalue weighted by Crippen LogP contribution is 2.27. The van der Waals surface area contributed by atoms with Gasteiger partial charge in [0.15, 0.2) is 5.65 Å². The van der Waals surface area contributed by atoms with Crippen molar-refractivity contribution in [2.45, 2.75) is 24.8 Å². The molecule has 7 nitrogen and oxygen atoms in total. The predicted octanol–water partition coefficient (Wildman–Crippen LogP) is 2.42. The maximum Gasteiger partial charge on any atom is 0.269 e. The first-order valence-corrected chi connectivity index (χ1v) is 9.39. The summed E-state index contributed by atoms with van der Waals surface area (Å²) in [6, 6.07) is 7.89. The van der Waals surface area contributed by atoms with Crippen LogP contribution in [-0.4, -0.2) is 40.1 Å². The number of anilines is 1. The molecule has 0 aliphatic carbocycles. The summed E-state index contributed by atoms with van der Waals surface area (Å²) in [6.07, 6.45) is 1.42. The molecule has 0 fully saturated rings. The molecule has 0 aliphatic heterocycles. The van der Waals surface area contributed by atoms with Crippen LogP contribution in [0.15, 0.2) is 41.4 Å². The number of aryl methyl sites for hydroxylation is 1. The quantitative estimate of drug-likeness (QED) is 0.660. The fraction of sp³-hybridized carbons (Fsp3) is 0.250. The van der Waals surface area contributed by atoms with Gasteiger partial charge in [-0.25, -0.2) is 17.4 Å². The number of fused-ring (bicyclic) bond motifs is 1. The van der Waals surface area contributed by atoms with E-state index in [2.05, 4.69) is 15.3 Å². The minimum atomic E-state index is -3.82. The molecule has 25 heavy (non-hydrogen) atoms. The Morgan fingerprint density at radius 1 is 1.24 bits per heavy atom. The summed E-state index contributed by atoms with van der Waals surface area (Å²) in [5.41, 5.74) is 1.14. The number of nitrogens with one attached hydrogen (secondary N) is 1. The lowest BCUT2D eigenvalue weighted by molar-refractivity contribution is 0.281. The topological polar surface area (TPSA) is 97.1 Å². The van der Waals surface area contributed by atoms with E-state index in [1.54, 1.807) is 37.3 Å². The molecule has 0 unspecified atom stereocenters. The van der Waals surface area contributed by atoms with Crippen LogP contribution in [0, 0.1) is 6.92 Å². The molecule has 9 heteroatoms. The van der Waals surface area contributed by atoms with E-state index in [-0.39, 0.29) is 28.5 Å². The Labute approximate surface area is 150 Å². The van der Waals surface area contributed by atoms with Crippen LogP contribution in [0.5, 0.6) is 0 Å². The summed E-state index contributed by atoms with van der Waals surface area (Å²) in [7, 11) is -3.82. The van der Waals surface area contributed by atoms with Crippen molar-refractivity contribution >= 4 is 38.5 Å². The monoisotopic (exact) mass is 380 g/mol. The van der Waals surface area contributed by atoms with Crippen LogP contribution in [0.3, 0.4) is 0 Å². The van der Waals surface area contributed by atoms with Crippen LogP contribution in [0.25, 0.3) is 11.0 Å². The van der Waals surface area contributed by atoms with Gasteiger partial charge in [0.1, 0.15) is 5.82 Å². The first-order chi connectivity index (χ1) is 11.8. The zero-order valence-electron chi connectivity index (χ0n) is 13.6. The maximum absolute atomic E-state index is 12.9. The highest BCUT2D eigenvalue weighted by molar-refractivity contribution is 7.90. The standard InChI is InChI=1S/C16H17ClN4O3S/c1-10-3-5-12(6-4-10)25(23,24)21-8-7-13-14(18-11(2)9-22)19-16(17)20-15(13)21/h3-8,11,22H,9H2,1-2H3,(H,18,19,20)/t11-/m1/s1. The number of aliphatic hydroxyl groups is 1. The Bertz CT molecular complexity index is 1020. The van der Waals surface area contributed by atoms with Gasteiger partial charge in [0.25, 0.3) is 10.0 Å². The molecule has 2 aromatic heterocycles. The molecule has 3 aromatic rings. The molecule has 132 valence electrons. The van der Waals surface area contributed by atoms with Crippen molar-refractivity contribution in [2.24, 2.45) is 0 Å². The van der Waals surface area contributed by atoms with E-state index in [9.17, 15) is 13.5 Å². The molecule has 0 spiro atoms. The van der Waals surface area contributed by atoms with E-state index >= 15 is 0 Å². The van der Waals surface area contributed by atoms with Crippen molar-refractivity contribution in [3.05, 3.63) is 47.4 Å². The molecule has 2 heterocycles. The second-order valence-electron chi connectivity index (χ2n) is 5.74.